The minimum atomic E-state index is 0.199. The molecule has 18 heavy (non-hydrogen) atoms. The SMILES string of the molecule is CC1CCCNC1CC(=O)NCCN(C)C1CC1. The summed E-state index contributed by atoms with van der Waals surface area (Å²) in [6.07, 6.45) is 5.77. The highest BCUT2D eigenvalue weighted by Gasteiger charge is 2.26. The van der Waals surface area contributed by atoms with Crippen LogP contribution in [0.3, 0.4) is 0 Å². The Bertz CT molecular complexity index is 278. The first kappa shape index (κ1) is 13.8. The molecule has 1 amide bonds. The minimum Gasteiger partial charge on any atom is -0.355 e. The van der Waals surface area contributed by atoms with Crippen molar-refractivity contribution < 1.29 is 4.79 Å². The normalized spacial score (nSPS) is 28.4. The van der Waals surface area contributed by atoms with Crippen LogP contribution in [0.1, 0.15) is 39.0 Å². The van der Waals surface area contributed by atoms with Crippen LogP contribution in [-0.2, 0) is 4.79 Å². The summed E-state index contributed by atoms with van der Waals surface area (Å²) in [5.74, 6) is 0.823. The summed E-state index contributed by atoms with van der Waals surface area (Å²) in [6, 6.07) is 1.15. The van der Waals surface area contributed by atoms with Crippen molar-refractivity contribution in [3.8, 4) is 0 Å². The molecule has 1 saturated carbocycles. The molecule has 2 N–H and O–H groups in total. The maximum absolute atomic E-state index is 11.9. The maximum atomic E-state index is 11.9. The van der Waals surface area contributed by atoms with Gasteiger partial charge in [0.05, 0.1) is 0 Å². The second-order valence-corrected chi connectivity index (χ2v) is 5.95. The van der Waals surface area contributed by atoms with Crippen molar-refractivity contribution in [1.29, 1.82) is 0 Å². The van der Waals surface area contributed by atoms with Crippen LogP contribution in [0.5, 0.6) is 0 Å². The highest BCUT2D eigenvalue weighted by atomic mass is 16.1. The molecular formula is C14H27N3O. The van der Waals surface area contributed by atoms with Crippen molar-refractivity contribution in [2.75, 3.05) is 26.7 Å². The lowest BCUT2D eigenvalue weighted by Crippen LogP contribution is -2.44. The monoisotopic (exact) mass is 253 g/mol. The predicted octanol–water partition coefficient (Wildman–Crippen LogP) is 0.975. The summed E-state index contributed by atoms with van der Waals surface area (Å²) in [5.41, 5.74) is 0. The molecular weight excluding hydrogens is 226 g/mol. The molecule has 2 fully saturated rings. The lowest BCUT2D eigenvalue weighted by atomic mass is 9.90. The van der Waals surface area contributed by atoms with Crippen LogP contribution in [0.2, 0.25) is 0 Å². The van der Waals surface area contributed by atoms with Gasteiger partial charge in [0.25, 0.3) is 0 Å². The standard InChI is InChI=1S/C14H27N3O/c1-11-4-3-7-15-13(11)10-14(18)16-8-9-17(2)12-5-6-12/h11-13,15H,3-10H2,1-2H3,(H,16,18). The number of nitrogens with zero attached hydrogens (tertiary/aromatic N) is 1. The third-order valence-corrected chi connectivity index (χ3v) is 4.29. The van der Waals surface area contributed by atoms with E-state index in [4.69, 9.17) is 0 Å². The molecule has 2 unspecified atom stereocenters. The molecule has 0 aromatic carbocycles. The van der Waals surface area contributed by atoms with Crippen LogP contribution in [0, 0.1) is 5.92 Å². The Morgan fingerprint density at radius 3 is 2.83 bits per heavy atom. The van der Waals surface area contributed by atoms with Gasteiger partial charge in [0, 0.05) is 31.6 Å². The molecule has 2 rings (SSSR count). The summed E-state index contributed by atoms with van der Waals surface area (Å²) >= 11 is 0. The van der Waals surface area contributed by atoms with Gasteiger partial charge < -0.3 is 15.5 Å². The van der Waals surface area contributed by atoms with Crippen molar-refractivity contribution in [2.24, 2.45) is 5.92 Å². The molecule has 2 atom stereocenters. The maximum Gasteiger partial charge on any atom is 0.221 e. The van der Waals surface area contributed by atoms with E-state index in [1.165, 1.54) is 25.7 Å². The van der Waals surface area contributed by atoms with Gasteiger partial charge in [0.2, 0.25) is 5.91 Å². The highest BCUT2D eigenvalue weighted by Crippen LogP contribution is 2.24. The third kappa shape index (κ3) is 4.25. The first-order valence-corrected chi connectivity index (χ1v) is 7.37. The van der Waals surface area contributed by atoms with Crippen LogP contribution in [0.25, 0.3) is 0 Å². The van der Waals surface area contributed by atoms with Crippen LogP contribution < -0.4 is 10.6 Å². The first-order valence-electron chi connectivity index (χ1n) is 7.37. The van der Waals surface area contributed by atoms with Crippen LogP contribution in [-0.4, -0.2) is 49.6 Å². The van der Waals surface area contributed by atoms with E-state index in [1.807, 2.05) is 0 Å². The summed E-state index contributed by atoms with van der Waals surface area (Å²) in [5, 5.41) is 6.50. The van der Waals surface area contributed by atoms with Crippen molar-refractivity contribution in [3.63, 3.8) is 0 Å². The molecule has 4 nitrogen and oxygen atoms in total. The van der Waals surface area contributed by atoms with Crippen molar-refractivity contribution in [3.05, 3.63) is 0 Å². The molecule has 1 saturated heterocycles. The fourth-order valence-corrected chi connectivity index (χ4v) is 2.73. The minimum absolute atomic E-state index is 0.199. The number of nitrogens with one attached hydrogen (secondary N) is 2. The summed E-state index contributed by atoms with van der Waals surface area (Å²) in [7, 11) is 2.15. The smallest absolute Gasteiger partial charge is 0.221 e. The average Bonchev–Trinajstić information content (AvgIpc) is 3.16. The van der Waals surface area contributed by atoms with Gasteiger partial charge in [0.15, 0.2) is 0 Å². The molecule has 1 aliphatic heterocycles. The predicted molar refractivity (Wildman–Crippen MR) is 73.5 cm³/mol. The van der Waals surface area contributed by atoms with Crippen LogP contribution >= 0.6 is 0 Å². The van der Waals surface area contributed by atoms with E-state index >= 15 is 0 Å². The van der Waals surface area contributed by atoms with Crippen molar-refractivity contribution >= 4 is 5.91 Å². The summed E-state index contributed by atoms with van der Waals surface area (Å²) in [6.45, 7) is 5.06. The molecule has 4 heteroatoms. The molecule has 1 aliphatic carbocycles. The lowest BCUT2D eigenvalue weighted by Gasteiger charge is -2.29. The van der Waals surface area contributed by atoms with E-state index in [-0.39, 0.29) is 5.91 Å². The summed E-state index contributed by atoms with van der Waals surface area (Å²) < 4.78 is 0. The average molecular weight is 253 g/mol. The molecule has 0 bridgehead atoms. The van der Waals surface area contributed by atoms with Crippen molar-refractivity contribution in [1.82, 2.24) is 15.5 Å². The van der Waals surface area contributed by atoms with E-state index in [1.54, 1.807) is 0 Å². The van der Waals surface area contributed by atoms with E-state index in [9.17, 15) is 4.79 Å². The number of piperidine rings is 1. The second kappa shape index (κ2) is 6.53. The number of rotatable bonds is 6. The number of carbonyl (C=O) groups is 1. The Labute approximate surface area is 110 Å². The number of amides is 1. The lowest BCUT2D eigenvalue weighted by molar-refractivity contribution is -0.122. The number of hydrogen-bond acceptors (Lipinski definition) is 3. The van der Waals surface area contributed by atoms with Crippen molar-refractivity contribution in [2.45, 2.75) is 51.1 Å². The van der Waals surface area contributed by atoms with E-state index < -0.39 is 0 Å². The highest BCUT2D eigenvalue weighted by molar-refractivity contribution is 5.76. The third-order valence-electron chi connectivity index (χ3n) is 4.29. The Hall–Kier alpha value is -0.610. The zero-order chi connectivity index (χ0) is 13.0. The first-order chi connectivity index (χ1) is 8.66. The zero-order valence-electron chi connectivity index (χ0n) is 11.7. The van der Waals surface area contributed by atoms with Crippen LogP contribution in [0.4, 0.5) is 0 Å². The number of carbonyl (C=O) groups excluding carboxylic acids is 1. The summed E-state index contributed by atoms with van der Waals surface area (Å²) in [4.78, 5) is 14.2. The fourth-order valence-electron chi connectivity index (χ4n) is 2.73. The van der Waals surface area contributed by atoms with Gasteiger partial charge in [-0.05, 0) is 45.2 Å². The van der Waals surface area contributed by atoms with Crippen LogP contribution in [0.15, 0.2) is 0 Å². The second-order valence-electron chi connectivity index (χ2n) is 5.95. The van der Waals surface area contributed by atoms with Gasteiger partial charge in [-0.1, -0.05) is 6.92 Å². The van der Waals surface area contributed by atoms with E-state index in [0.29, 0.717) is 18.4 Å². The Morgan fingerprint density at radius 1 is 1.39 bits per heavy atom. The molecule has 104 valence electrons. The van der Waals surface area contributed by atoms with Gasteiger partial charge in [0.1, 0.15) is 0 Å². The van der Waals surface area contributed by atoms with Gasteiger partial charge in [-0.15, -0.1) is 0 Å². The molecule has 0 aromatic heterocycles. The van der Waals surface area contributed by atoms with Gasteiger partial charge in [-0.25, -0.2) is 0 Å². The molecule has 0 radical (unpaired) electrons. The molecule has 2 aliphatic rings. The largest absolute Gasteiger partial charge is 0.355 e. The fraction of sp³-hybridized carbons (Fsp3) is 0.929. The Morgan fingerprint density at radius 2 is 2.17 bits per heavy atom. The van der Waals surface area contributed by atoms with Gasteiger partial charge in [-0.2, -0.15) is 0 Å². The molecule has 0 aromatic rings. The Kier molecular flexibility index (Phi) is 5.01. The van der Waals surface area contributed by atoms with E-state index in [2.05, 4.69) is 29.5 Å². The molecule has 0 spiro atoms. The topological polar surface area (TPSA) is 44.4 Å². The Balaban J connectivity index is 1.59. The number of hydrogen-bond donors (Lipinski definition) is 2. The number of likely N-dealkylation sites (N-methyl/N-ethyl adjacent to an activating group) is 1. The van der Waals surface area contributed by atoms with Gasteiger partial charge in [-0.3, -0.25) is 4.79 Å². The molecule has 1 heterocycles. The zero-order valence-corrected chi connectivity index (χ0v) is 11.7. The van der Waals surface area contributed by atoms with E-state index in [0.717, 1.165) is 25.7 Å². The quantitative estimate of drug-likeness (QED) is 0.741. The van der Waals surface area contributed by atoms with Gasteiger partial charge >= 0.3 is 0 Å².